The minimum Gasteiger partial charge on any atom is -0.342 e. The smallest absolute Gasteiger partial charge is 0.342 e. The van der Waals surface area contributed by atoms with Gasteiger partial charge in [0.2, 0.25) is 5.95 Å². The van der Waals surface area contributed by atoms with Crippen LogP contribution in [0.15, 0.2) is 24.4 Å². The van der Waals surface area contributed by atoms with Gasteiger partial charge in [0.25, 0.3) is 0 Å². The molecule has 2 aliphatic rings. The lowest BCUT2D eigenvalue weighted by Gasteiger charge is -2.44. The Bertz CT molecular complexity index is 1030. The van der Waals surface area contributed by atoms with Crippen molar-refractivity contribution in [2.24, 2.45) is 0 Å². The summed E-state index contributed by atoms with van der Waals surface area (Å²) in [5.74, 6) is -0.255. The maximum atomic E-state index is 14.3. The van der Waals surface area contributed by atoms with Gasteiger partial charge in [-0.1, -0.05) is 19.8 Å². The molecule has 1 aliphatic heterocycles. The molecule has 170 valence electrons. The molecule has 7 nitrogen and oxygen atoms in total. The number of nitrogens with one attached hydrogen (secondary N) is 3. The Morgan fingerprint density at radius 3 is 2.56 bits per heavy atom. The van der Waals surface area contributed by atoms with Crippen LogP contribution in [0.25, 0.3) is 0 Å². The van der Waals surface area contributed by atoms with Crippen molar-refractivity contribution >= 4 is 35.3 Å². The van der Waals surface area contributed by atoms with E-state index in [0.29, 0.717) is 24.0 Å². The fraction of sp³-hybridized carbons (Fsp3) is 0.429. The summed E-state index contributed by atoms with van der Waals surface area (Å²) in [5.41, 5.74) is -0.782. The Balaban J connectivity index is 1.73. The standard InChI is InChI=1S/C21H23F4N7/c1-2-16-18(27)31(11-26)17-10-28-20(30-19(17)32(16)13-5-3-4-6-13)29-15-8-7-12(9-14(15)22)21(23,24)25/h7-11,13,16,26-27H,2-6H2,1H3,(H,28,29,30)/t16-/m1/s1. The van der Waals surface area contributed by atoms with Gasteiger partial charge < -0.3 is 10.2 Å². The third-order valence-electron chi connectivity index (χ3n) is 5.94. The minimum atomic E-state index is -4.64. The molecule has 0 radical (unpaired) electrons. The molecule has 3 N–H and O–H groups in total. The Hall–Kier alpha value is -3.24. The lowest BCUT2D eigenvalue weighted by Crippen LogP contribution is -2.56. The number of benzene rings is 1. The summed E-state index contributed by atoms with van der Waals surface area (Å²) < 4.78 is 52.8. The lowest BCUT2D eigenvalue weighted by atomic mass is 10.0. The van der Waals surface area contributed by atoms with E-state index in [9.17, 15) is 17.6 Å². The second-order valence-corrected chi connectivity index (χ2v) is 7.87. The SMILES string of the molecule is CC[C@@H]1C(=N)N(C=N)c2cnc(Nc3ccc(C(F)(F)F)cc3F)nc2N1C1CCCC1. The number of alkyl halides is 3. The topological polar surface area (TPSA) is 92.0 Å². The van der Waals surface area contributed by atoms with Crippen molar-refractivity contribution in [2.45, 2.75) is 57.3 Å². The molecule has 2 heterocycles. The maximum Gasteiger partial charge on any atom is 0.416 e. The van der Waals surface area contributed by atoms with E-state index in [1.54, 1.807) is 0 Å². The van der Waals surface area contributed by atoms with E-state index in [2.05, 4.69) is 20.2 Å². The second-order valence-electron chi connectivity index (χ2n) is 7.87. The van der Waals surface area contributed by atoms with Gasteiger partial charge in [-0.2, -0.15) is 18.2 Å². The van der Waals surface area contributed by atoms with Crippen LogP contribution >= 0.6 is 0 Å². The summed E-state index contributed by atoms with van der Waals surface area (Å²) in [6.45, 7) is 1.96. The molecule has 0 saturated heterocycles. The number of nitrogens with zero attached hydrogens (tertiary/aromatic N) is 4. The first-order chi connectivity index (χ1) is 15.2. The molecule has 11 heteroatoms. The molecule has 1 fully saturated rings. The van der Waals surface area contributed by atoms with Crippen molar-refractivity contribution in [1.82, 2.24) is 9.97 Å². The van der Waals surface area contributed by atoms with Crippen molar-refractivity contribution in [3.8, 4) is 0 Å². The average molecular weight is 449 g/mol. The van der Waals surface area contributed by atoms with Gasteiger partial charge in [0.15, 0.2) is 5.82 Å². The monoisotopic (exact) mass is 449 g/mol. The van der Waals surface area contributed by atoms with Crippen LogP contribution in [-0.4, -0.2) is 34.2 Å². The van der Waals surface area contributed by atoms with Crippen molar-refractivity contribution in [2.75, 3.05) is 15.1 Å². The van der Waals surface area contributed by atoms with E-state index < -0.39 is 17.6 Å². The maximum absolute atomic E-state index is 14.3. The van der Waals surface area contributed by atoms with Crippen LogP contribution in [0.5, 0.6) is 0 Å². The highest BCUT2D eigenvalue weighted by Crippen LogP contribution is 2.40. The number of rotatable bonds is 5. The van der Waals surface area contributed by atoms with Gasteiger partial charge in [0, 0.05) is 6.04 Å². The van der Waals surface area contributed by atoms with E-state index in [1.807, 2.05) is 6.92 Å². The predicted molar refractivity (Wildman–Crippen MR) is 115 cm³/mol. The largest absolute Gasteiger partial charge is 0.416 e. The highest BCUT2D eigenvalue weighted by Gasteiger charge is 2.40. The van der Waals surface area contributed by atoms with Gasteiger partial charge in [-0.3, -0.25) is 15.7 Å². The molecule has 1 saturated carbocycles. The van der Waals surface area contributed by atoms with Crippen LogP contribution in [0, 0.1) is 16.6 Å². The molecule has 0 amide bonds. The van der Waals surface area contributed by atoms with Gasteiger partial charge in [0.1, 0.15) is 17.3 Å². The van der Waals surface area contributed by atoms with Gasteiger partial charge in [-0.15, -0.1) is 0 Å². The summed E-state index contributed by atoms with van der Waals surface area (Å²) in [5, 5.41) is 19.0. The fourth-order valence-electron chi connectivity index (χ4n) is 4.41. The molecular weight excluding hydrogens is 426 g/mol. The van der Waals surface area contributed by atoms with Crippen molar-refractivity contribution in [3.05, 3.63) is 35.8 Å². The first kappa shape index (κ1) is 22.0. The number of hydrogen-bond acceptors (Lipinski definition) is 6. The summed E-state index contributed by atoms with van der Waals surface area (Å²) in [7, 11) is 0. The van der Waals surface area contributed by atoms with Gasteiger partial charge in [-0.05, 0) is 37.5 Å². The summed E-state index contributed by atoms with van der Waals surface area (Å²) >= 11 is 0. The van der Waals surface area contributed by atoms with E-state index >= 15 is 0 Å². The first-order valence-corrected chi connectivity index (χ1v) is 10.4. The number of halogens is 4. The third kappa shape index (κ3) is 3.87. The number of aromatic nitrogens is 2. The normalized spacial score (nSPS) is 19.3. The second kappa shape index (κ2) is 8.36. The number of hydrogen-bond donors (Lipinski definition) is 3. The van der Waals surface area contributed by atoms with Gasteiger partial charge in [-0.25, -0.2) is 9.37 Å². The molecule has 2 aromatic rings. The van der Waals surface area contributed by atoms with Gasteiger partial charge in [0.05, 0.1) is 29.8 Å². The summed E-state index contributed by atoms with van der Waals surface area (Å²) in [6, 6.07) is 2.12. The average Bonchev–Trinajstić information content (AvgIpc) is 3.28. The zero-order valence-electron chi connectivity index (χ0n) is 17.4. The Morgan fingerprint density at radius 2 is 1.97 bits per heavy atom. The van der Waals surface area contributed by atoms with Crippen LogP contribution in [0.2, 0.25) is 0 Å². The van der Waals surface area contributed by atoms with Gasteiger partial charge >= 0.3 is 6.18 Å². The lowest BCUT2D eigenvalue weighted by molar-refractivity contribution is -0.137. The highest BCUT2D eigenvalue weighted by atomic mass is 19.4. The number of amidine groups is 1. The van der Waals surface area contributed by atoms with E-state index in [4.69, 9.17) is 10.8 Å². The van der Waals surface area contributed by atoms with E-state index in [1.165, 1.54) is 11.1 Å². The van der Waals surface area contributed by atoms with Crippen LogP contribution in [0.1, 0.15) is 44.6 Å². The van der Waals surface area contributed by atoms with Crippen molar-refractivity contribution in [1.29, 1.82) is 10.8 Å². The number of fused-ring (bicyclic) bond motifs is 1. The Labute approximate surface area is 182 Å². The highest BCUT2D eigenvalue weighted by molar-refractivity contribution is 6.16. The molecule has 1 aromatic carbocycles. The molecule has 1 atom stereocenters. The number of anilines is 4. The summed E-state index contributed by atoms with van der Waals surface area (Å²) in [6.07, 6.45) is 2.53. The fourth-order valence-corrected chi connectivity index (χ4v) is 4.41. The molecule has 4 rings (SSSR count). The molecule has 0 bridgehead atoms. The van der Waals surface area contributed by atoms with Crippen LogP contribution in [0.3, 0.4) is 0 Å². The van der Waals surface area contributed by atoms with Crippen LogP contribution in [0.4, 0.5) is 40.7 Å². The molecule has 1 aliphatic carbocycles. The van der Waals surface area contributed by atoms with E-state index in [0.717, 1.165) is 44.2 Å². The van der Waals surface area contributed by atoms with Crippen molar-refractivity contribution < 1.29 is 17.6 Å². The molecular formula is C21H23F4N7. The first-order valence-electron chi connectivity index (χ1n) is 10.4. The Kier molecular flexibility index (Phi) is 5.74. The van der Waals surface area contributed by atoms with Crippen molar-refractivity contribution in [3.63, 3.8) is 0 Å². The van der Waals surface area contributed by atoms with Crippen LogP contribution in [-0.2, 0) is 6.18 Å². The zero-order chi connectivity index (χ0) is 23.0. The summed E-state index contributed by atoms with van der Waals surface area (Å²) in [4.78, 5) is 12.2. The molecule has 32 heavy (non-hydrogen) atoms. The molecule has 1 aromatic heterocycles. The molecule has 0 spiro atoms. The predicted octanol–water partition coefficient (Wildman–Crippen LogP) is 5.31. The molecule has 0 unspecified atom stereocenters. The van der Waals surface area contributed by atoms with E-state index in [-0.39, 0.29) is 29.6 Å². The Morgan fingerprint density at radius 1 is 1.25 bits per heavy atom. The third-order valence-corrected chi connectivity index (χ3v) is 5.94. The zero-order valence-corrected chi connectivity index (χ0v) is 17.4. The van der Waals surface area contributed by atoms with Crippen LogP contribution < -0.4 is 15.1 Å². The minimum absolute atomic E-state index is 0.0265. The quantitative estimate of drug-likeness (QED) is 0.327.